The fraction of sp³-hybridized carbons (Fsp3) is 0.429. The minimum atomic E-state index is -4.68. The first-order valence-corrected chi connectivity index (χ1v) is 5.10. The normalized spacial score (nSPS) is 27.5. The van der Waals surface area contributed by atoms with Crippen LogP contribution < -0.4 is 0 Å². The summed E-state index contributed by atoms with van der Waals surface area (Å²) in [5, 5.41) is 0. The van der Waals surface area contributed by atoms with Crippen LogP contribution in [0.15, 0.2) is 12.7 Å². The molecule has 1 aliphatic heterocycles. The van der Waals surface area contributed by atoms with E-state index in [1.807, 2.05) is 0 Å². The lowest BCUT2D eigenvalue weighted by Gasteiger charge is -2.17. The highest BCUT2D eigenvalue weighted by Gasteiger charge is 2.58. The van der Waals surface area contributed by atoms with E-state index in [9.17, 15) is 18.0 Å². The Morgan fingerprint density at radius 2 is 2.14 bits per heavy atom. The first-order valence-electron chi connectivity index (χ1n) is 3.66. The van der Waals surface area contributed by atoms with Crippen molar-refractivity contribution in [1.29, 1.82) is 0 Å². The molecule has 7 heteroatoms. The summed E-state index contributed by atoms with van der Waals surface area (Å²) in [5.41, 5.74) is 0. The van der Waals surface area contributed by atoms with Crippen molar-refractivity contribution in [2.45, 2.75) is 17.6 Å². The van der Waals surface area contributed by atoms with Gasteiger partial charge in [0.25, 0.3) is 10.1 Å². The Morgan fingerprint density at radius 3 is 2.43 bits per heavy atom. The molecule has 0 aliphatic carbocycles. The van der Waals surface area contributed by atoms with E-state index < -0.39 is 33.2 Å². The van der Waals surface area contributed by atoms with Gasteiger partial charge >= 0.3 is 11.9 Å². The van der Waals surface area contributed by atoms with Crippen LogP contribution in [0.25, 0.3) is 0 Å². The highest BCUT2D eigenvalue weighted by molar-refractivity contribution is 7.88. The zero-order valence-corrected chi connectivity index (χ0v) is 7.91. The summed E-state index contributed by atoms with van der Waals surface area (Å²) in [6, 6.07) is 0. The van der Waals surface area contributed by atoms with E-state index in [2.05, 4.69) is 11.3 Å². The van der Waals surface area contributed by atoms with E-state index in [4.69, 9.17) is 4.55 Å². The summed E-state index contributed by atoms with van der Waals surface area (Å²) in [6.07, 6.45) is 0.112. The Hall–Kier alpha value is -1.21. The van der Waals surface area contributed by atoms with Crippen LogP contribution in [0.2, 0.25) is 0 Å². The molecule has 14 heavy (non-hydrogen) atoms. The molecule has 0 saturated carbocycles. The van der Waals surface area contributed by atoms with Gasteiger partial charge in [0.15, 0.2) is 0 Å². The summed E-state index contributed by atoms with van der Waals surface area (Å²) in [6.45, 7) is 3.25. The molecule has 0 aromatic heterocycles. The van der Waals surface area contributed by atoms with Crippen LogP contribution in [-0.4, -0.2) is 29.7 Å². The van der Waals surface area contributed by atoms with Crippen LogP contribution in [-0.2, 0) is 24.4 Å². The van der Waals surface area contributed by atoms with Crippen molar-refractivity contribution in [2.24, 2.45) is 0 Å². The second kappa shape index (κ2) is 3.18. The Balaban J connectivity index is 3.25. The average molecular weight is 220 g/mol. The third-order valence-corrected chi connectivity index (χ3v) is 3.44. The number of ether oxygens (including phenoxy) is 1. The number of esters is 2. The first kappa shape index (κ1) is 10.9. The molecule has 1 unspecified atom stereocenters. The van der Waals surface area contributed by atoms with Gasteiger partial charge in [-0.05, 0) is 6.42 Å². The van der Waals surface area contributed by atoms with Crippen LogP contribution in [0.5, 0.6) is 0 Å². The van der Waals surface area contributed by atoms with Crippen molar-refractivity contribution >= 4 is 22.1 Å². The lowest BCUT2D eigenvalue weighted by atomic mass is 10.0. The molecule has 1 N–H and O–H groups in total. The maximum atomic E-state index is 11.1. The van der Waals surface area contributed by atoms with Crippen LogP contribution in [0.3, 0.4) is 0 Å². The van der Waals surface area contributed by atoms with Gasteiger partial charge in [-0.3, -0.25) is 9.35 Å². The topological polar surface area (TPSA) is 97.7 Å². The largest absolute Gasteiger partial charge is 0.392 e. The molecule has 0 bridgehead atoms. The van der Waals surface area contributed by atoms with Gasteiger partial charge < -0.3 is 4.74 Å². The molecule has 6 nitrogen and oxygen atoms in total. The summed E-state index contributed by atoms with van der Waals surface area (Å²) >= 11 is 0. The number of hydrogen-bond donors (Lipinski definition) is 1. The van der Waals surface area contributed by atoms with Gasteiger partial charge in [-0.15, -0.1) is 6.58 Å². The van der Waals surface area contributed by atoms with E-state index in [0.29, 0.717) is 0 Å². The Kier molecular flexibility index (Phi) is 2.47. The van der Waals surface area contributed by atoms with Gasteiger partial charge in [0, 0.05) is 0 Å². The lowest BCUT2D eigenvalue weighted by molar-refractivity contribution is -0.152. The van der Waals surface area contributed by atoms with E-state index >= 15 is 0 Å². The van der Waals surface area contributed by atoms with Crippen molar-refractivity contribution in [3.8, 4) is 0 Å². The summed E-state index contributed by atoms with van der Waals surface area (Å²) < 4.78 is 32.7. The molecule has 1 fully saturated rings. The van der Waals surface area contributed by atoms with E-state index in [0.717, 1.165) is 6.08 Å². The monoisotopic (exact) mass is 220 g/mol. The van der Waals surface area contributed by atoms with Gasteiger partial charge in [-0.2, -0.15) is 8.42 Å². The molecule has 0 spiro atoms. The summed E-state index contributed by atoms with van der Waals surface area (Å²) in [4.78, 5) is 21.9. The molecule has 1 rings (SSSR count). The molecule has 1 heterocycles. The Labute approximate surface area is 80.3 Å². The first-order chi connectivity index (χ1) is 6.33. The zero-order chi connectivity index (χ0) is 11.0. The van der Waals surface area contributed by atoms with E-state index in [1.54, 1.807) is 0 Å². The molecule has 1 saturated heterocycles. The second-order valence-corrected chi connectivity index (χ2v) is 4.63. The number of carbonyl (C=O) groups excluding carboxylic acids is 2. The highest BCUT2D eigenvalue weighted by atomic mass is 32.2. The maximum absolute atomic E-state index is 11.1. The quantitative estimate of drug-likeness (QED) is 0.302. The van der Waals surface area contributed by atoms with Crippen LogP contribution >= 0.6 is 0 Å². The zero-order valence-electron chi connectivity index (χ0n) is 7.10. The van der Waals surface area contributed by atoms with Crippen molar-refractivity contribution in [3.05, 3.63) is 12.7 Å². The second-order valence-electron chi connectivity index (χ2n) is 2.90. The minimum Gasteiger partial charge on any atom is -0.392 e. The number of carbonyl (C=O) groups is 2. The predicted molar refractivity (Wildman–Crippen MR) is 44.8 cm³/mol. The van der Waals surface area contributed by atoms with Crippen LogP contribution in [0.4, 0.5) is 0 Å². The molecule has 0 aromatic carbocycles. The van der Waals surface area contributed by atoms with Crippen molar-refractivity contribution < 1.29 is 27.3 Å². The number of rotatable bonds is 3. The maximum Gasteiger partial charge on any atom is 0.338 e. The van der Waals surface area contributed by atoms with Gasteiger partial charge in [-0.25, -0.2) is 4.79 Å². The molecule has 0 aromatic rings. The molecule has 0 amide bonds. The minimum absolute atomic E-state index is 0.351. The average Bonchev–Trinajstić information content (AvgIpc) is 2.27. The van der Waals surface area contributed by atoms with Crippen molar-refractivity contribution in [3.63, 3.8) is 0 Å². The lowest BCUT2D eigenvalue weighted by Crippen LogP contribution is -2.42. The molecule has 0 radical (unpaired) electrons. The fourth-order valence-electron chi connectivity index (χ4n) is 1.23. The van der Waals surface area contributed by atoms with Crippen molar-refractivity contribution in [1.82, 2.24) is 0 Å². The number of hydrogen-bond acceptors (Lipinski definition) is 5. The number of allylic oxidation sites excluding steroid dienone is 1. The van der Waals surface area contributed by atoms with Crippen LogP contribution in [0.1, 0.15) is 12.8 Å². The predicted octanol–water partition coefficient (Wildman–Crippen LogP) is -0.337. The Bertz CT molecular complexity index is 394. The van der Waals surface area contributed by atoms with Crippen molar-refractivity contribution in [2.75, 3.05) is 0 Å². The highest BCUT2D eigenvalue weighted by Crippen LogP contribution is 2.33. The molecular weight excluding hydrogens is 212 g/mol. The van der Waals surface area contributed by atoms with E-state index in [1.165, 1.54) is 0 Å². The van der Waals surface area contributed by atoms with Gasteiger partial charge in [0.05, 0.1) is 6.42 Å². The fourth-order valence-corrected chi connectivity index (χ4v) is 2.11. The molecule has 78 valence electrons. The summed E-state index contributed by atoms with van der Waals surface area (Å²) in [7, 11) is -4.68. The summed E-state index contributed by atoms with van der Waals surface area (Å²) in [5.74, 6) is -2.21. The standard InChI is InChI=1S/C7H8O6S/c1-2-3-7(14(10,11)12)4-5(8)13-6(7)9/h2H,1,3-4H2,(H,10,11,12). The third-order valence-electron chi connectivity index (χ3n) is 1.98. The Morgan fingerprint density at radius 1 is 1.57 bits per heavy atom. The van der Waals surface area contributed by atoms with Gasteiger partial charge in [0.1, 0.15) is 0 Å². The smallest absolute Gasteiger partial charge is 0.338 e. The SMILES string of the molecule is C=CCC1(S(=O)(=O)O)CC(=O)OC1=O. The van der Waals surface area contributed by atoms with Gasteiger partial charge in [0.2, 0.25) is 4.75 Å². The third kappa shape index (κ3) is 1.44. The molecule has 1 atom stereocenters. The molecular formula is C7H8O6S. The van der Waals surface area contributed by atoms with Crippen LogP contribution in [0, 0.1) is 0 Å². The van der Waals surface area contributed by atoms with E-state index in [-0.39, 0.29) is 6.42 Å². The van der Waals surface area contributed by atoms with Gasteiger partial charge in [-0.1, -0.05) is 6.08 Å². The number of cyclic esters (lactones) is 2. The molecule has 1 aliphatic rings.